The quantitative estimate of drug-likeness (QED) is 0.851. The van der Waals surface area contributed by atoms with E-state index < -0.39 is 0 Å². The van der Waals surface area contributed by atoms with Gasteiger partial charge in [0.25, 0.3) is 5.91 Å². The Morgan fingerprint density at radius 1 is 1.37 bits per heavy atom. The smallest absolute Gasteiger partial charge is 0.255 e. The van der Waals surface area contributed by atoms with Crippen LogP contribution < -0.4 is 5.32 Å². The molecule has 3 nitrogen and oxygen atoms in total. The highest BCUT2D eigenvalue weighted by atomic mass is 16.2. The minimum Gasteiger partial charge on any atom is -0.385 e. The van der Waals surface area contributed by atoms with Gasteiger partial charge in [0.05, 0.1) is 5.56 Å². The molecule has 0 atom stereocenters. The van der Waals surface area contributed by atoms with E-state index in [-0.39, 0.29) is 5.91 Å². The Bertz CT molecular complexity index is 452. The Hall–Kier alpha value is -1.51. The van der Waals surface area contributed by atoms with Gasteiger partial charge in [-0.15, -0.1) is 0 Å². The van der Waals surface area contributed by atoms with Crippen LogP contribution in [0.1, 0.15) is 42.6 Å². The van der Waals surface area contributed by atoms with Crippen LogP contribution >= 0.6 is 0 Å². The molecule has 1 N–H and O–H groups in total. The van der Waals surface area contributed by atoms with E-state index in [0.29, 0.717) is 0 Å². The Labute approximate surface area is 116 Å². The first-order valence-corrected chi connectivity index (χ1v) is 7.29. The minimum absolute atomic E-state index is 0.158. The number of anilines is 1. The summed E-state index contributed by atoms with van der Waals surface area (Å²) in [5.41, 5.74) is 2.94. The summed E-state index contributed by atoms with van der Waals surface area (Å²) in [5, 5.41) is 3.30. The fourth-order valence-corrected chi connectivity index (χ4v) is 2.32. The third-order valence-corrected chi connectivity index (χ3v) is 3.62. The van der Waals surface area contributed by atoms with Crippen molar-refractivity contribution >= 4 is 11.6 Å². The SMILES string of the molecule is CCNc1cc(C)ccc1C(=O)N(CC)CC1CC1. The zero-order chi connectivity index (χ0) is 13.8. The molecule has 0 radical (unpaired) electrons. The van der Waals surface area contributed by atoms with Crippen molar-refractivity contribution in [1.29, 1.82) is 0 Å². The topological polar surface area (TPSA) is 32.3 Å². The number of nitrogens with one attached hydrogen (secondary N) is 1. The molecule has 0 heterocycles. The van der Waals surface area contributed by atoms with Gasteiger partial charge in [-0.1, -0.05) is 6.07 Å². The van der Waals surface area contributed by atoms with Gasteiger partial charge in [-0.3, -0.25) is 4.79 Å². The van der Waals surface area contributed by atoms with Crippen LogP contribution in [0.2, 0.25) is 0 Å². The fraction of sp³-hybridized carbons (Fsp3) is 0.562. The molecule has 1 aliphatic rings. The van der Waals surface area contributed by atoms with Crippen LogP contribution in [0.25, 0.3) is 0 Å². The third kappa shape index (κ3) is 3.49. The van der Waals surface area contributed by atoms with E-state index in [1.165, 1.54) is 18.4 Å². The summed E-state index contributed by atoms with van der Waals surface area (Å²) < 4.78 is 0. The molecule has 19 heavy (non-hydrogen) atoms. The van der Waals surface area contributed by atoms with E-state index in [0.717, 1.165) is 36.8 Å². The molecule has 1 aromatic rings. The number of hydrogen-bond donors (Lipinski definition) is 1. The zero-order valence-corrected chi connectivity index (χ0v) is 12.2. The molecule has 1 aromatic carbocycles. The Morgan fingerprint density at radius 3 is 2.68 bits per heavy atom. The molecule has 1 aliphatic carbocycles. The molecule has 0 aromatic heterocycles. The molecule has 2 rings (SSSR count). The zero-order valence-electron chi connectivity index (χ0n) is 12.2. The van der Waals surface area contributed by atoms with Crippen LogP contribution in [-0.2, 0) is 0 Å². The average molecular weight is 260 g/mol. The summed E-state index contributed by atoms with van der Waals surface area (Å²) >= 11 is 0. The van der Waals surface area contributed by atoms with E-state index in [1.54, 1.807) is 0 Å². The van der Waals surface area contributed by atoms with Gasteiger partial charge in [-0.25, -0.2) is 0 Å². The summed E-state index contributed by atoms with van der Waals surface area (Å²) in [4.78, 5) is 14.6. The van der Waals surface area contributed by atoms with Crippen molar-refractivity contribution < 1.29 is 4.79 Å². The van der Waals surface area contributed by atoms with Crippen LogP contribution in [-0.4, -0.2) is 30.4 Å². The summed E-state index contributed by atoms with van der Waals surface area (Å²) in [6.45, 7) is 8.69. The summed E-state index contributed by atoms with van der Waals surface area (Å²) in [6.07, 6.45) is 2.55. The molecule has 0 saturated heterocycles. The number of amides is 1. The van der Waals surface area contributed by atoms with Gasteiger partial charge < -0.3 is 10.2 Å². The third-order valence-electron chi connectivity index (χ3n) is 3.62. The summed E-state index contributed by atoms with van der Waals surface area (Å²) in [5.74, 6) is 0.891. The van der Waals surface area contributed by atoms with Gasteiger partial charge in [0.15, 0.2) is 0 Å². The Balaban J connectivity index is 2.20. The highest BCUT2D eigenvalue weighted by molar-refractivity contribution is 5.99. The molecule has 3 heteroatoms. The Morgan fingerprint density at radius 2 is 2.11 bits per heavy atom. The number of carbonyl (C=O) groups is 1. The molecule has 0 unspecified atom stereocenters. The van der Waals surface area contributed by atoms with Gasteiger partial charge in [0.2, 0.25) is 0 Å². The second-order valence-corrected chi connectivity index (χ2v) is 5.37. The van der Waals surface area contributed by atoms with Gasteiger partial charge in [-0.05, 0) is 57.2 Å². The van der Waals surface area contributed by atoms with E-state index in [1.807, 2.05) is 17.0 Å². The highest BCUT2D eigenvalue weighted by Gasteiger charge is 2.27. The first-order chi connectivity index (χ1) is 9.15. The van der Waals surface area contributed by atoms with Crippen LogP contribution in [0.5, 0.6) is 0 Å². The number of hydrogen-bond acceptors (Lipinski definition) is 2. The fourth-order valence-electron chi connectivity index (χ4n) is 2.32. The average Bonchev–Trinajstić information content (AvgIpc) is 3.20. The first kappa shape index (κ1) is 13.9. The van der Waals surface area contributed by atoms with E-state index in [4.69, 9.17) is 0 Å². The van der Waals surface area contributed by atoms with Crippen molar-refractivity contribution in [3.63, 3.8) is 0 Å². The minimum atomic E-state index is 0.158. The second-order valence-electron chi connectivity index (χ2n) is 5.37. The van der Waals surface area contributed by atoms with Crippen LogP contribution in [0, 0.1) is 12.8 Å². The predicted octanol–water partition coefficient (Wildman–Crippen LogP) is 3.30. The van der Waals surface area contributed by atoms with Crippen molar-refractivity contribution in [2.45, 2.75) is 33.6 Å². The molecular formula is C16H24N2O. The lowest BCUT2D eigenvalue weighted by Crippen LogP contribution is -2.33. The van der Waals surface area contributed by atoms with Gasteiger partial charge in [0.1, 0.15) is 0 Å². The molecule has 1 fully saturated rings. The van der Waals surface area contributed by atoms with Crippen LogP contribution in [0.15, 0.2) is 18.2 Å². The Kier molecular flexibility index (Phi) is 4.46. The van der Waals surface area contributed by atoms with Gasteiger partial charge in [0, 0.05) is 25.3 Å². The maximum absolute atomic E-state index is 12.6. The van der Waals surface area contributed by atoms with Crippen molar-refractivity contribution in [3.05, 3.63) is 29.3 Å². The van der Waals surface area contributed by atoms with E-state index in [9.17, 15) is 4.79 Å². The predicted molar refractivity (Wildman–Crippen MR) is 79.6 cm³/mol. The number of nitrogens with zero attached hydrogens (tertiary/aromatic N) is 1. The molecule has 1 saturated carbocycles. The van der Waals surface area contributed by atoms with Crippen LogP contribution in [0.4, 0.5) is 5.69 Å². The lowest BCUT2D eigenvalue weighted by atomic mass is 10.1. The molecule has 0 bridgehead atoms. The summed E-state index contributed by atoms with van der Waals surface area (Å²) in [6, 6.07) is 6.02. The maximum atomic E-state index is 12.6. The standard InChI is InChI=1S/C16H24N2O/c1-4-17-15-10-12(3)6-9-14(15)16(19)18(5-2)11-13-7-8-13/h6,9-10,13,17H,4-5,7-8,11H2,1-3H3. The molecule has 0 spiro atoms. The van der Waals surface area contributed by atoms with Gasteiger partial charge >= 0.3 is 0 Å². The van der Waals surface area contributed by atoms with E-state index >= 15 is 0 Å². The van der Waals surface area contributed by atoms with Crippen molar-refractivity contribution in [1.82, 2.24) is 4.90 Å². The summed E-state index contributed by atoms with van der Waals surface area (Å²) in [7, 11) is 0. The number of rotatable bonds is 6. The van der Waals surface area contributed by atoms with Gasteiger partial charge in [-0.2, -0.15) is 0 Å². The number of benzene rings is 1. The molecule has 104 valence electrons. The lowest BCUT2D eigenvalue weighted by molar-refractivity contribution is 0.0758. The second kappa shape index (κ2) is 6.09. The number of carbonyl (C=O) groups excluding carboxylic acids is 1. The molecule has 0 aliphatic heterocycles. The van der Waals surface area contributed by atoms with Crippen molar-refractivity contribution in [2.24, 2.45) is 5.92 Å². The van der Waals surface area contributed by atoms with E-state index in [2.05, 4.69) is 32.2 Å². The molecular weight excluding hydrogens is 236 g/mol. The number of aryl methyl sites for hydroxylation is 1. The normalized spacial score (nSPS) is 14.3. The monoisotopic (exact) mass is 260 g/mol. The maximum Gasteiger partial charge on any atom is 0.255 e. The molecule has 1 amide bonds. The highest BCUT2D eigenvalue weighted by Crippen LogP contribution is 2.30. The lowest BCUT2D eigenvalue weighted by Gasteiger charge is -2.22. The largest absolute Gasteiger partial charge is 0.385 e. The van der Waals surface area contributed by atoms with Crippen molar-refractivity contribution in [3.8, 4) is 0 Å². The first-order valence-electron chi connectivity index (χ1n) is 7.29. The van der Waals surface area contributed by atoms with Crippen molar-refractivity contribution in [2.75, 3.05) is 25.0 Å². The van der Waals surface area contributed by atoms with Crippen LogP contribution in [0.3, 0.4) is 0 Å².